The molecule has 0 saturated carbocycles. The molecule has 0 aliphatic carbocycles. The Morgan fingerprint density at radius 3 is 0.778 bits per heavy atom. The van der Waals surface area contributed by atoms with Gasteiger partial charge < -0.3 is 21.3 Å². The van der Waals surface area contributed by atoms with Crippen LogP contribution in [0.1, 0.15) is 22.3 Å². The van der Waals surface area contributed by atoms with Crippen molar-refractivity contribution in [2.45, 2.75) is 27.7 Å². The zero-order valence-electron chi connectivity index (χ0n) is 21.1. The van der Waals surface area contributed by atoms with Crippen LogP contribution in [-0.4, -0.2) is 10.2 Å². The van der Waals surface area contributed by atoms with Gasteiger partial charge in [-0.3, -0.25) is 0 Å². The van der Waals surface area contributed by atoms with Crippen molar-refractivity contribution in [1.29, 1.82) is 0 Å². The van der Waals surface area contributed by atoms with Crippen LogP contribution in [0.2, 0.25) is 0 Å². The second kappa shape index (κ2) is 13.4. The summed E-state index contributed by atoms with van der Waals surface area (Å²) in [5.41, 5.74) is 8.81. The van der Waals surface area contributed by atoms with Crippen LogP contribution in [0.4, 0.5) is 22.7 Å². The molecule has 4 aromatic carbocycles. The first-order valence-electron chi connectivity index (χ1n) is 11.7. The molecule has 6 heteroatoms. The van der Waals surface area contributed by atoms with Crippen LogP contribution in [0.15, 0.2) is 97.1 Å². The second-order valence-corrected chi connectivity index (χ2v) is 9.23. The third-order valence-corrected chi connectivity index (χ3v) is 5.98. The van der Waals surface area contributed by atoms with Crippen molar-refractivity contribution in [3.8, 4) is 0 Å². The maximum Gasteiger partial charge on any atom is 0.175 e. The number of para-hydroxylation sites is 4. The lowest BCUT2D eigenvalue weighted by molar-refractivity contribution is 1.44. The number of hydrogen-bond donors (Lipinski definition) is 4. The molecule has 0 radical (unpaired) electrons. The van der Waals surface area contributed by atoms with E-state index in [0.29, 0.717) is 10.2 Å². The second-order valence-electron chi connectivity index (χ2n) is 8.42. The van der Waals surface area contributed by atoms with E-state index in [1.165, 1.54) is 22.3 Å². The van der Waals surface area contributed by atoms with Crippen LogP contribution in [0.25, 0.3) is 0 Å². The van der Waals surface area contributed by atoms with E-state index in [-0.39, 0.29) is 0 Å². The fourth-order valence-corrected chi connectivity index (χ4v) is 3.84. The minimum atomic E-state index is 0.610. The Morgan fingerprint density at radius 2 is 0.583 bits per heavy atom. The molecule has 0 heterocycles. The van der Waals surface area contributed by atoms with Crippen LogP contribution in [0.5, 0.6) is 0 Å². The maximum absolute atomic E-state index is 5.32. The SMILES string of the molecule is Cc1ccccc1NC(=S)Nc1ccccc1C.Cc1ccccc1NC(=S)Nc1ccccc1C. The van der Waals surface area contributed by atoms with E-state index in [2.05, 4.69) is 73.2 Å². The molecular formula is C30H32N4S2. The molecule has 0 aliphatic heterocycles. The first-order valence-corrected chi connectivity index (χ1v) is 12.5. The lowest BCUT2D eigenvalue weighted by Crippen LogP contribution is -2.20. The summed E-state index contributed by atoms with van der Waals surface area (Å²) in [6.45, 7) is 8.22. The van der Waals surface area contributed by atoms with Crippen LogP contribution >= 0.6 is 24.4 Å². The molecule has 0 bridgehead atoms. The van der Waals surface area contributed by atoms with Gasteiger partial charge in [0.25, 0.3) is 0 Å². The summed E-state index contributed by atoms with van der Waals surface area (Å²) in [5.74, 6) is 0. The highest BCUT2D eigenvalue weighted by Gasteiger charge is 2.03. The standard InChI is InChI=1S/2C15H16N2S/c2*1-11-7-3-5-9-13(11)16-15(18)17-14-10-6-4-8-12(14)2/h2*3-10H,1-2H3,(H2,16,17,18). The number of rotatable bonds is 4. The highest BCUT2D eigenvalue weighted by atomic mass is 32.1. The van der Waals surface area contributed by atoms with E-state index in [9.17, 15) is 0 Å². The molecule has 0 aromatic heterocycles. The Morgan fingerprint density at radius 1 is 0.389 bits per heavy atom. The predicted molar refractivity (Wildman–Crippen MR) is 164 cm³/mol. The molecule has 184 valence electrons. The average Bonchev–Trinajstić information content (AvgIpc) is 2.85. The van der Waals surface area contributed by atoms with Crippen molar-refractivity contribution in [3.63, 3.8) is 0 Å². The molecule has 4 rings (SSSR count). The van der Waals surface area contributed by atoms with Crippen LogP contribution in [0.3, 0.4) is 0 Å². The molecule has 0 saturated heterocycles. The van der Waals surface area contributed by atoms with Crippen LogP contribution in [0, 0.1) is 27.7 Å². The molecule has 4 N–H and O–H groups in total. The van der Waals surface area contributed by atoms with Gasteiger partial charge in [-0.15, -0.1) is 0 Å². The van der Waals surface area contributed by atoms with E-state index in [4.69, 9.17) is 24.4 Å². The fourth-order valence-electron chi connectivity index (χ4n) is 3.40. The lowest BCUT2D eigenvalue weighted by Gasteiger charge is -2.13. The molecule has 4 nitrogen and oxygen atoms in total. The molecule has 36 heavy (non-hydrogen) atoms. The Labute approximate surface area is 225 Å². The first-order chi connectivity index (χ1) is 17.3. The molecule has 0 amide bonds. The van der Waals surface area contributed by atoms with E-state index in [0.717, 1.165) is 22.7 Å². The molecule has 0 unspecified atom stereocenters. The van der Waals surface area contributed by atoms with Gasteiger partial charge in [-0.1, -0.05) is 72.8 Å². The summed E-state index contributed by atoms with van der Waals surface area (Å²) in [6.07, 6.45) is 0. The molecular weight excluding hydrogens is 480 g/mol. The summed E-state index contributed by atoms with van der Waals surface area (Å²) in [5, 5.41) is 14.0. The quantitative estimate of drug-likeness (QED) is 0.207. The topological polar surface area (TPSA) is 48.1 Å². The third-order valence-electron chi connectivity index (χ3n) is 5.57. The smallest absolute Gasteiger partial charge is 0.175 e. The van der Waals surface area contributed by atoms with Gasteiger partial charge in [-0.2, -0.15) is 0 Å². The Bertz CT molecular complexity index is 1130. The van der Waals surface area contributed by atoms with Gasteiger partial charge in [0, 0.05) is 22.7 Å². The predicted octanol–water partition coefficient (Wildman–Crippen LogP) is 8.22. The summed E-state index contributed by atoms with van der Waals surface area (Å²) in [7, 11) is 0. The molecule has 0 aliphatic rings. The molecule has 0 atom stereocenters. The summed E-state index contributed by atoms with van der Waals surface area (Å²) >= 11 is 10.6. The summed E-state index contributed by atoms with van der Waals surface area (Å²) in [4.78, 5) is 0. The normalized spacial score (nSPS) is 9.89. The van der Waals surface area contributed by atoms with Crippen molar-refractivity contribution in [3.05, 3.63) is 119 Å². The van der Waals surface area contributed by atoms with Gasteiger partial charge >= 0.3 is 0 Å². The largest absolute Gasteiger partial charge is 0.332 e. The van der Waals surface area contributed by atoms with Gasteiger partial charge in [0.2, 0.25) is 0 Å². The van der Waals surface area contributed by atoms with Gasteiger partial charge in [0.05, 0.1) is 0 Å². The molecule has 4 aromatic rings. The number of nitrogens with one attached hydrogen (secondary N) is 4. The monoisotopic (exact) mass is 512 g/mol. The van der Waals surface area contributed by atoms with E-state index in [1.807, 2.05) is 72.8 Å². The number of aryl methyl sites for hydroxylation is 4. The van der Waals surface area contributed by atoms with Gasteiger partial charge in [0.1, 0.15) is 0 Å². The highest BCUT2D eigenvalue weighted by molar-refractivity contribution is 7.81. The van der Waals surface area contributed by atoms with Gasteiger partial charge in [-0.05, 0) is 98.6 Å². The van der Waals surface area contributed by atoms with E-state index in [1.54, 1.807) is 0 Å². The minimum Gasteiger partial charge on any atom is -0.332 e. The van der Waals surface area contributed by atoms with Crippen molar-refractivity contribution >= 4 is 57.4 Å². The Hall–Kier alpha value is -3.74. The zero-order chi connectivity index (χ0) is 25.9. The lowest BCUT2D eigenvalue weighted by atomic mass is 10.2. The van der Waals surface area contributed by atoms with Gasteiger partial charge in [-0.25, -0.2) is 0 Å². The molecule has 0 fully saturated rings. The Balaban J connectivity index is 0.000000201. The van der Waals surface area contributed by atoms with Crippen LogP contribution < -0.4 is 21.3 Å². The first kappa shape index (κ1) is 26.9. The number of benzene rings is 4. The van der Waals surface area contributed by atoms with Crippen molar-refractivity contribution in [1.82, 2.24) is 0 Å². The van der Waals surface area contributed by atoms with E-state index < -0.39 is 0 Å². The zero-order valence-corrected chi connectivity index (χ0v) is 22.7. The third kappa shape index (κ3) is 8.18. The maximum atomic E-state index is 5.32. The van der Waals surface area contributed by atoms with Gasteiger partial charge in [0.15, 0.2) is 10.2 Å². The number of thiocarbonyl (C=S) groups is 2. The fraction of sp³-hybridized carbons (Fsp3) is 0.133. The number of hydrogen-bond acceptors (Lipinski definition) is 2. The van der Waals surface area contributed by atoms with Crippen LogP contribution in [-0.2, 0) is 0 Å². The average molecular weight is 513 g/mol. The summed E-state index contributed by atoms with van der Waals surface area (Å²) < 4.78 is 0. The van der Waals surface area contributed by atoms with Crippen molar-refractivity contribution in [2.75, 3.05) is 21.3 Å². The van der Waals surface area contributed by atoms with Crippen molar-refractivity contribution < 1.29 is 0 Å². The Kier molecular flexibility index (Phi) is 9.98. The minimum absolute atomic E-state index is 0.610. The molecule has 0 spiro atoms. The summed E-state index contributed by atoms with van der Waals surface area (Å²) in [6, 6.07) is 32.3. The van der Waals surface area contributed by atoms with E-state index >= 15 is 0 Å². The highest BCUT2D eigenvalue weighted by Crippen LogP contribution is 2.17. The number of anilines is 4. The van der Waals surface area contributed by atoms with Crippen molar-refractivity contribution in [2.24, 2.45) is 0 Å².